The smallest absolute Gasteiger partial charge is 0.165 e. The van der Waals surface area contributed by atoms with Crippen LogP contribution in [0.4, 0.5) is 0 Å². The van der Waals surface area contributed by atoms with Crippen molar-refractivity contribution in [3.8, 4) is 51.0 Å². The number of nitrogens with zero attached hydrogens (tertiary/aromatic N) is 4. The summed E-state index contributed by atoms with van der Waals surface area (Å²) in [4.78, 5) is 15.2. The van der Waals surface area contributed by atoms with Crippen LogP contribution >= 0.6 is 11.6 Å². The molecule has 0 radical (unpaired) electrons. The summed E-state index contributed by atoms with van der Waals surface area (Å²) < 4.78 is 2.31. The van der Waals surface area contributed by atoms with Gasteiger partial charge in [-0.05, 0) is 59.0 Å². The zero-order valence-corrected chi connectivity index (χ0v) is 26.5. The van der Waals surface area contributed by atoms with E-state index >= 15 is 0 Å². The molecule has 0 amide bonds. The minimum atomic E-state index is 0.532. The van der Waals surface area contributed by atoms with Crippen molar-refractivity contribution in [2.45, 2.75) is 0 Å². The Hall–Kier alpha value is -6.10. The maximum absolute atomic E-state index is 7.06. The van der Waals surface area contributed by atoms with Crippen LogP contribution in [0.15, 0.2) is 164 Å². The van der Waals surface area contributed by atoms with Gasteiger partial charge < -0.3 is 4.57 Å². The largest absolute Gasteiger partial charge is 0.309 e. The summed E-state index contributed by atoms with van der Waals surface area (Å²) in [5, 5.41) is 4.95. The highest BCUT2D eigenvalue weighted by molar-refractivity contribution is 6.38. The van der Waals surface area contributed by atoms with Crippen LogP contribution in [-0.2, 0) is 0 Å². The maximum atomic E-state index is 7.06. The first-order valence-corrected chi connectivity index (χ1v) is 16.3. The summed E-state index contributed by atoms with van der Waals surface area (Å²) in [6, 6.07) is 56.3. The van der Waals surface area contributed by atoms with Crippen LogP contribution in [0.25, 0.3) is 83.6 Å². The highest BCUT2D eigenvalue weighted by Gasteiger charge is 2.18. The highest BCUT2D eigenvalue weighted by Crippen LogP contribution is 2.37. The molecule has 0 atom stereocenters. The fourth-order valence-corrected chi connectivity index (χ4v) is 6.89. The first-order chi connectivity index (χ1) is 23.7. The SMILES string of the molecule is Clc1c(-c2nc(-c3ccc(-c4ccccc4)cc3)nc(-c3ccc4c(c3)c3ccccc3n4-c3ccccc3)n2)ccc2ccccc12. The van der Waals surface area contributed by atoms with E-state index in [2.05, 4.69) is 132 Å². The van der Waals surface area contributed by atoms with Crippen molar-refractivity contribution in [3.05, 3.63) is 169 Å². The Kier molecular flexibility index (Phi) is 6.81. The molecule has 7 aromatic carbocycles. The maximum Gasteiger partial charge on any atom is 0.165 e. The van der Waals surface area contributed by atoms with Crippen LogP contribution in [0, 0.1) is 0 Å². The van der Waals surface area contributed by atoms with E-state index in [0.717, 1.165) is 60.7 Å². The zero-order chi connectivity index (χ0) is 32.0. The quantitative estimate of drug-likeness (QED) is 0.189. The molecule has 9 aromatic rings. The number of rotatable bonds is 5. The van der Waals surface area contributed by atoms with Gasteiger partial charge in [-0.25, -0.2) is 15.0 Å². The van der Waals surface area contributed by atoms with Crippen molar-refractivity contribution >= 4 is 44.2 Å². The van der Waals surface area contributed by atoms with E-state index in [9.17, 15) is 0 Å². The molecule has 9 rings (SSSR count). The molecule has 5 heteroatoms. The standard InChI is InChI=1S/C43H27ClN4/c44-40-34-16-8-7-13-30(34)23-25-36(40)43-46-41(31-21-19-29(20-22-31)28-11-3-1-4-12-28)45-42(47-43)32-24-26-39-37(27-32)35-17-9-10-18-38(35)48(39)33-14-5-2-6-15-33/h1-27H. The number of aromatic nitrogens is 4. The second-order valence-corrected chi connectivity index (χ2v) is 12.2. The first-order valence-electron chi connectivity index (χ1n) is 15.9. The van der Waals surface area contributed by atoms with Gasteiger partial charge in [0.05, 0.1) is 16.1 Å². The third-order valence-corrected chi connectivity index (χ3v) is 9.34. The molecule has 0 bridgehead atoms. The average molecular weight is 635 g/mol. The van der Waals surface area contributed by atoms with Gasteiger partial charge in [0, 0.05) is 38.5 Å². The van der Waals surface area contributed by atoms with E-state index in [1.54, 1.807) is 0 Å². The van der Waals surface area contributed by atoms with Gasteiger partial charge in [-0.1, -0.05) is 133 Å². The molecule has 0 aliphatic carbocycles. The predicted octanol–water partition coefficient (Wildman–Crippen LogP) is 11.4. The molecule has 4 nitrogen and oxygen atoms in total. The molecule has 2 aromatic heterocycles. The van der Waals surface area contributed by atoms with Crippen molar-refractivity contribution in [2.24, 2.45) is 0 Å². The lowest BCUT2D eigenvalue weighted by Gasteiger charge is -2.12. The van der Waals surface area contributed by atoms with Gasteiger partial charge in [0.25, 0.3) is 0 Å². The molecule has 2 heterocycles. The van der Waals surface area contributed by atoms with Gasteiger partial charge in [0.1, 0.15) is 0 Å². The Morgan fingerprint density at radius 1 is 0.396 bits per heavy atom. The van der Waals surface area contributed by atoms with E-state index in [4.69, 9.17) is 26.6 Å². The van der Waals surface area contributed by atoms with Gasteiger partial charge in [0.2, 0.25) is 0 Å². The summed E-state index contributed by atoms with van der Waals surface area (Å²) in [5.74, 6) is 1.71. The lowest BCUT2D eigenvalue weighted by Crippen LogP contribution is -2.01. The number of hydrogen-bond acceptors (Lipinski definition) is 3. The van der Waals surface area contributed by atoms with Crippen LogP contribution < -0.4 is 0 Å². The number of benzene rings is 7. The van der Waals surface area contributed by atoms with Crippen LogP contribution in [-0.4, -0.2) is 19.5 Å². The monoisotopic (exact) mass is 634 g/mol. The molecule has 48 heavy (non-hydrogen) atoms. The third-order valence-electron chi connectivity index (χ3n) is 8.93. The second kappa shape index (κ2) is 11.6. The molecule has 0 spiro atoms. The molecule has 0 aliphatic rings. The molecule has 0 fully saturated rings. The van der Waals surface area contributed by atoms with Crippen molar-refractivity contribution in [1.82, 2.24) is 19.5 Å². The van der Waals surface area contributed by atoms with Gasteiger partial charge >= 0.3 is 0 Å². The Balaban J connectivity index is 1.24. The van der Waals surface area contributed by atoms with Crippen molar-refractivity contribution in [1.29, 1.82) is 0 Å². The zero-order valence-electron chi connectivity index (χ0n) is 25.8. The number of hydrogen-bond donors (Lipinski definition) is 0. The summed E-state index contributed by atoms with van der Waals surface area (Å²) >= 11 is 7.06. The Labute approximate surface area is 282 Å². The molecule has 0 saturated heterocycles. The van der Waals surface area contributed by atoms with E-state index in [0.29, 0.717) is 22.5 Å². The fourth-order valence-electron chi connectivity index (χ4n) is 6.57. The number of para-hydroxylation sites is 2. The molecular weight excluding hydrogens is 608 g/mol. The van der Waals surface area contributed by atoms with Crippen LogP contribution in [0.3, 0.4) is 0 Å². The number of fused-ring (bicyclic) bond motifs is 4. The predicted molar refractivity (Wildman–Crippen MR) is 198 cm³/mol. The summed E-state index contributed by atoms with van der Waals surface area (Å²) in [6.45, 7) is 0. The van der Waals surface area contributed by atoms with Gasteiger partial charge in [-0.3, -0.25) is 0 Å². The topological polar surface area (TPSA) is 43.6 Å². The average Bonchev–Trinajstić information content (AvgIpc) is 3.49. The fraction of sp³-hybridized carbons (Fsp3) is 0. The molecule has 0 saturated carbocycles. The molecule has 0 unspecified atom stereocenters. The molecule has 226 valence electrons. The van der Waals surface area contributed by atoms with Gasteiger partial charge in [-0.2, -0.15) is 0 Å². The number of halogens is 1. The Bertz CT molecular complexity index is 2610. The van der Waals surface area contributed by atoms with Gasteiger partial charge in [0.15, 0.2) is 17.5 Å². The van der Waals surface area contributed by atoms with E-state index in [1.807, 2.05) is 36.4 Å². The van der Waals surface area contributed by atoms with E-state index in [-0.39, 0.29) is 0 Å². The lowest BCUT2D eigenvalue weighted by atomic mass is 10.0. The molecular formula is C43H27ClN4. The molecule has 0 aliphatic heterocycles. The van der Waals surface area contributed by atoms with Crippen LogP contribution in [0.1, 0.15) is 0 Å². The van der Waals surface area contributed by atoms with E-state index < -0.39 is 0 Å². The van der Waals surface area contributed by atoms with E-state index in [1.165, 1.54) is 5.39 Å². The van der Waals surface area contributed by atoms with Gasteiger partial charge in [-0.15, -0.1) is 0 Å². The summed E-state index contributed by atoms with van der Waals surface area (Å²) in [6.07, 6.45) is 0. The summed E-state index contributed by atoms with van der Waals surface area (Å²) in [7, 11) is 0. The minimum absolute atomic E-state index is 0.532. The van der Waals surface area contributed by atoms with Crippen LogP contribution in [0.5, 0.6) is 0 Å². The van der Waals surface area contributed by atoms with Crippen molar-refractivity contribution < 1.29 is 0 Å². The summed E-state index contributed by atoms with van der Waals surface area (Å²) in [5.41, 5.74) is 8.25. The highest BCUT2D eigenvalue weighted by atomic mass is 35.5. The lowest BCUT2D eigenvalue weighted by molar-refractivity contribution is 1.07. The Morgan fingerprint density at radius 2 is 0.958 bits per heavy atom. The Morgan fingerprint density at radius 3 is 1.75 bits per heavy atom. The minimum Gasteiger partial charge on any atom is -0.309 e. The normalized spacial score (nSPS) is 11.4. The third kappa shape index (κ3) is 4.82. The van der Waals surface area contributed by atoms with Crippen LogP contribution in [0.2, 0.25) is 5.02 Å². The van der Waals surface area contributed by atoms with Crippen molar-refractivity contribution in [2.75, 3.05) is 0 Å². The van der Waals surface area contributed by atoms with Crippen molar-refractivity contribution in [3.63, 3.8) is 0 Å². The second-order valence-electron chi connectivity index (χ2n) is 11.8. The molecule has 0 N–H and O–H groups in total. The first kappa shape index (κ1) is 28.1.